The molecule has 18 heavy (non-hydrogen) atoms. The number of para-hydroxylation sites is 2. The summed E-state index contributed by atoms with van der Waals surface area (Å²) >= 11 is 0. The minimum absolute atomic E-state index is 0.749. The number of H-pyrrole nitrogens is 1. The molecule has 0 amide bonds. The van der Waals surface area contributed by atoms with Gasteiger partial charge in [0.05, 0.1) is 17.2 Å². The second kappa shape index (κ2) is 4.62. The Labute approximate surface area is 105 Å². The quantitative estimate of drug-likeness (QED) is 0.733. The van der Waals surface area contributed by atoms with Crippen molar-refractivity contribution < 1.29 is 0 Å². The lowest BCUT2D eigenvalue weighted by Gasteiger charge is -1.96. The van der Waals surface area contributed by atoms with Crippen molar-refractivity contribution >= 4 is 11.0 Å². The van der Waals surface area contributed by atoms with Crippen molar-refractivity contribution in [1.82, 2.24) is 25.1 Å². The predicted octanol–water partition coefficient (Wildman–Crippen LogP) is 1.86. The molecule has 0 aliphatic carbocycles. The van der Waals surface area contributed by atoms with E-state index in [2.05, 4.69) is 27.3 Å². The van der Waals surface area contributed by atoms with Gasteiger partial charge in [0, 0.05) is 18.3 Å². The fraction of sp³-hybridized carbons (Fsp3) is 0.231. The third kappa shape index (κ3) is 2.00. The number of aromatic nitrogens is 4. The van der Waals surface area contributed by atoms with E-state index in [1.807, 2.05) is 36.7 Å². The highest BCUT2D eigenvalue weighted by Gasteiger charge is 2.05. The second-order valence-corrected chi connectivity index (χ2v) is 4.15. The van der Waals surface area contributed by atoms with Crippen LogP contribution >= 0.6 is 0 Å². The number of hydrogen-bond donors (Lipinski definition) is 2. The van der Waals surface area contributed by atoms with Crippen LogP contribution in [0, 0.1) is 0 Å². The molecule has 0 saturated carbocycles. The van der Waals surface area contributed by atoms with Gasteiger partial charge in [0.2, 0.25) is 5.95 Å². The van der Waals surface area contributed by atoms with E-state index in [9.17, 15) is 0 Å². The van der Waals surface area contributed by atoms with E-state index in [1.165, 1.54) is 0 Å². The van der Waals surface area contributed by atoms with Crippen molar-refractivity contribution in [1.29, 1.82) is 0 Å². The van der Waals surface area contributed by atoms with Crippen LogP contribution in [-0.2, 0) is 6.54 Å². The van der Waals surface area contributed by atoms with E-state index in [1.54, 1.807) is 4.68 Å². The van der Waals surface area contributed by atoms with E-state index >= 15 is 0 Å². The molecule has 0 radical (unpaired) electrons. The summed E-state index contributed by atoms with van der Waals surface area (Å²) in [5, 5.41) is 7.59. The Balaban J connectivity index is 1.91. The first-order chi connectivity index (χ1) is 8.86. The molecular weight excluding hydrogens is 226 g/mol. The molecule has 0 unspecified atom stereocenters. The number of nitrogens with one attached hydrogen (secondary N) is 2. The zero-order valence-electron chi connectivity index (χ0n) is 10.2. The van der Waals surface area contributed by atoms with Crippen molar-refractivity contribution in [3.8, 4) is 5.95 Å². The molecule has 3 aromatic rings. The van der Waals surface area contributed by atoms with E-state index in [4.69, 9.17) is 0 Å². The van der Waals surface area contributed by atoms with Crippen LogP contribution in [-0.4, -0.2) is 26.3 Å². The predicted molar refractivity (Wildman–Crippen MR) is 70.6 cm³/mol. The van der Waals surface area contributed by atoms with Crippen LogP contribution < -0.4 is 5.32 Å². The first-order valence-corrected chi connectivity index (χ1v) is 6.06. The minimum atomic E-state index is 0.749. The molecule has 1 aromatic carbocycles. The van der Waals surface area contributed by atoms with E-state index < -0.39 is 0 Å². The standard InChI is InChI=1S/C13H15N5/c1-2-14-7-10-8-15-18(9-10)13-16-11-5-3-4-6-12(11)17-13/h3-6,8-9,14H,2,7H2,1H3,(H,16,17). The van der Waals surface area contributed by atoms with Gasteiger partial charge in [0.15, 0.2) is 0 Å². The molecule has 0 atom stereocenters. The minimum Gasteiger partial charge on any atom is -0.322 e. The Hall–Kier alpha value is -2.14. The first-order valence-electron chi connectivity index (χ1n) is 6.06. The maximum absolute atomic E-state index is 4.50. The molecule has 2 heterocycles. The SMILES string of the molecule is CCNCc1cnn(-c2nc3ccccc3[nH]2)c1. The molecule has 2 aromatic heterocycles. The summed E-state index contributed by atoms with van der Waals surface area (Å²) in [6.07, 6.45) is 3.84. The molecular formula is C13H15N5. The third-order valence-electron chi connectivity index (χ3n) is 2.81. The van der Waals surface area contributed by atoms with Crippen molar-refractivity contribution in [3.05, 3.63) is 42.2 Å². The number of nitrogens with zero attached hydrogens (tertiary/aromatic N) is 3. The summed E-state index contributed by atoms with van der Waals surface area (Å²) in [5.41, 5.74) is 3.13. The van der Waals surface area contributed by atoms with E-state index in [-0.39, 0.29) is 0 Å². The normalized spacial score (nSPS) is 11.2. The van der Waals surface area contributed by atoms with Gasteiger partial charge in [0.1, 0.15) is 0 Å². The molecule has 0 bridgehead atoms. The summed E-state index contributed by atoms with van der Waals surface area (Å²) in [6.45, 7) is 3.87. The van der Waals surface area contributed by atoms with Gasteiger partial charge in [0.25, 0.3) is 0 Å². The van der Waals surface area contributed by atoms with Gasteiger partial charge in [-0.15, -0.1) is 0 Å². The average Bonchev–Trinajstić information content (AvgIpc) is 3.02. The lowest BCUT2D eigenvalue weighted by atomic mass is 10.3. The van der Waals surface area contributed by atoms with Crippen molar-refractivity contribution in [2.24, 2.45) is 0 Å². The number of benzene rings is 1. The van der Waals surface area contributed by atoms with Crippen molar-refractivity contribution in [3.63, 3.8) is 0 Å². The number of hydrogen-bond acceptors (Lipinski definition) is 3. The van der Waals surface area contributed by atoms with Gasteiger partial charge in [-0.1, -0.05) is 19.1 Å². The smallest absolute Gasteiger partial charge is 0.229 e. The molecule has 92 valence electrons. The summed E-state index contributed by atoms with van der Waals surface area (Å²) < 4.78 is 1.77. The Morgan fingerprint density at radius 3 is 3.06 bits per heavy atom. The Kier molecular flexibility index (Phi) is 2.82. The summed E-state index contributed by atoms with van der Waals surface area (Å²) in [6, 6.07) is 7.96. The summed E-state index contributed by atoms with van der Waals surface area (Å²) in [7, 11) is 0. The fourth-order valence-electron chi connectivity index (χ4n) is 1.88. The molecule has 0 fully saturated rings. The second-order valence-electron chi connectivity index (χ2n) is 4.15. The zero-order valence-corrected chi connectivity index (χ0v) is 10.2. The molecule has 0 spiro atoms. The van der Waals surface area contributed by atoms with E-state index in [0.29, 0.717) is 0 Å². The summed E-state index contributed by atoms with van der Waals surface area (Å²) in [5.74, 6) is 0.749. The zero-order chi connectivity index (χ0) is 12.4. The average molecular weight is 241 g/mol. The Morgan fingerprint density at radius 1 is 1.33 bits per heavy atom. The molecule has 3 rings (SSSR count). The number of imidazole rings is 1. The lowest BCUT2D eigenvalue weighted by molar-refractivity contribution is 0.726. The maximum atomic E-state index is 4.50. The van der Waals surface area contributed by atoms with Crippen molar-refractivity contribution in [2.45, 2.75) is 13.5 Å². The Morgan fingerprint density at radius 2 is 2.22 bits per heavy atom. The van der Waals surface area contributed by atoms with Crippen molar-refractivity contribution in [2.75, 3.05) is 6.54 Å². The highest BCUT2D eigenvalue weighted by Crippen LogP contribution is 2.13. The topological polar surface area (TPSA) is 58.5 Å². The lowest BCUT2D eigenvalue weighted by Crippen LogP contribution is -2.10. The van der Waals surface area contributed by atoms with Gasteiger partial charge in [-0.2, -0.15) is 5.10 Å². The van der Waals surface area contributed by atoms with Gasteiger partial charge >= 0.3 is 0 Å². The first kappa shape index (κ1) is 11.0. The molecule has 5 heteroatoms. The molecule has 2 N–H and O–H groups in total. The highest BCUT2D eigenvalue weighted by atomic mass is 15.3. The van der Waals surface area contributed by atoms with Gasteiger partial charge < -0.3 is 10.3 Å². The summed E-state index contributed by atoms with van der Waals surface area (Å²) in [4.78, 5) is 7.75. The number of rotatable bonds is 4. The molecule has 0 saturated heterocycles. The molecule has 0 aliphatic rings. The molecule has 5 nitrogen and oxygen atoms in total. The van der Waals surface area contributed by atoms with Crippen LogP contribution in [0.15, 0.2) is 36.7 Å². The monoisotopic (exact) mass is 241 g/mol. The van der Waals surface area contributed by atoms with Crippen LogP contribution in [0.2, 0.25) is 0 Å². The van der Waals surface area contributed by atoms with Gasteiger partial charge in [-0.05, 0) is 18.7 Å². The van der Waals surface area contributed by atoms with Crippen LogP contribution in [0.5, 0.6) is 0 Å². The number of fused-ring (bicyclic) bond motifs is 1. The van der Waals surface area contributed by atoms with Gasteiger partial charge in [-0.25, -0.2) is 9.67 Å². The van der Waals surface area contributed by atoms with E-state index in [0.717, 1.165) is 35.6 Å². The highest BCUT2D eigenvalue weighted by molar-refractivity contribution is 5.75. The van der Waals surface area contributed by atoms with Crippen LogP contribution in [0.1, 0.15) is 12.5 Å². The third-order valence-corrected chi connectivity index (χ3v) is 2.81. The van der Waals surface area contributed by atoms with Crippen LogP contribution in [0.25, 0.3) is 17.0 Å². The number of aromatic amines is 1. The Bertz CT molecular complexity index is 619. The maximum Gasteiger partial charge on any atom is 0.229 e. The van der Waals surface area contributed by atoms with Crippen LogP contribution in [0.4, 0.5) is 0 Å². The fourth-order valence-corrected chi connectivity index (χ4v) is 1.88. The largest absolute Gasteiger partial charge is 0.322 e. The van der Waals surface area contributed by atoms with Crippen LogP contribution in [0.3, 0.4) is 0 Å². The van der Waals surface area contributed by atoms with Gasteiger partial charge in [-0.3, -0.25) is 0 Å². The molecule has 0 aliphatic heterocycles.